The fraction of sp³-hybridized carbons (Fsp3) is 0.444. The number of rotatable bonds is 9. The third-order valence-corrected chi connectivity index (χ3v) is 8.23. The Hall–Kier alpha value is -4.71. The highest BCUT2D eigenvalue weighted by Gasteiger charge is 2.37. The quantitative estimate of drug-likeness (QED) is 0.193. The first-order chi connectivity index (χ1) is 23.1. The SMILES string of the molecule is COc1ccc(C[C@H]2NC(=O)/C=C/C[C@@H]([C@H](C)/C=C/c3ccc([N+](=O)[O-])cc3)OC(=O)[C@H](CC(C)C)OC(=O)C(C)(C)CNC2=O)cc1Cl. The van der Waals surface area contributed by atoms with Crippen LogP contribution in [0.25, 0.3) is 6.08 Å². The molecule has 0 saturated carbocycles. The minimum Gasteiger partial charge on any atom is -0.495 e. The molecule has 0 radical (unpaired) electrons. The van der Waals surface area contributed by atoms with E-state index in [4.69, 9.17) is 25.8 Å². The molecule has 4 atom stereocenters. The van der Waals surface area contributed by atoms with Gasteiger partial charge in [-0.2, -0.15) is 0 Å². The van der Waals surface area contributed by atoms with Crippen LogP contribution in [0.15, 0.2) is 60.7 Å². The van der Waals surface area contributed by atoms with Gasteiger partial charge < -0.3 is 24.8 Å². The van der Waals surface area contributed by atoms with E-state index in [1.54, 1.807) is 62.4 Å². The van der Waals surface area contributed by atoms with E-state index in [0.717, 1.165) is 0 Å². The number of amides is 2. The lowest BCUT2D eigenvalue weighted by Crippen LogP contribution is -2.51. The third kappa shape index (κ3) is 11.7. The van der Waals surface area contributed by atoms with Crippen molar-refractivity contribution in [3.8, 4) is 5.75 Å². The summed E-state index contributed by atoms with van der Waals surface area (Å²) in [5.74, 6) is -2.46. The Morgan fingerprint density at radius 2 is 1.78 bits per heavy atom. The average Bonchev–Trinajstić information content (AvgIpc) is 3.04. The van der Waals surface area contributed by atoms with Gasteiger partial charge >= 0.3 is 11.9 Å². The van der Waals surface area contributed by atoms with Crippen molar-refractivity contribution in [2.24, 2.45) is 17.3 Å². The van der Waals surface area contributed by atoms with Gasteiger partial charge in [0.05, 0.1) is 22.5 Å². The predicted octanol–water partition coefficient (Wildman–Crippen LogP) is 5.61. The Labute approximate surface area is 291 Å². The number of non-ortho nitro benzene ring substituents is 1. The van der Waals surface area contributed by atoms with Gasteiger partial charge in [0, 0.05) is 37.4 Å². The maximum absolute atomic E-state index is 13.5. The number of benzene rings is 2. The van der Waals surface area contributed by atoms with Crippen LogP contribution >= 0.6 is 11.6 Å². The highest BCUT2D eigenvalue weighted by atomic mass is 35.5. The molecule has 0 fully saturated rings. The first kappa shape index (κ1) is 38.7. The van der Waals surface area contributed by atoms with Crippen LogP contribution in [0.5, 0.6) is 5.75 Å². The molecule has 13 heteroatoms. The molecular formula is C36H44ClN3O9. The summed E-state index contributed by atoms with van der Waals surface area (Å²) in [5, 5.41) is 16.8. The minimum atomic E-state index is -1.24. The van der Waals surface area contributed by atoms with Crippen molar-refractivity contribution in [2.45, 2.75) is 72.1 Å². The molecule has 3 rings (SSSR count). The Morgan fingerprint density at radius 3 is 2.39 bits per heavy atom. The van der Waals surface area contributed by atoms with Gasteiger partial charge in [0.25, 0.3) is 5.69 Å². The number of esters is 2. The van der Waals surface area contributed by atoms with Crippen LogP contribution in [-0.2, 0) is 35.1 Å². The summed E-state index contributed by atoms with van der Waals surface area (Å²) < 4.78 is 16.9. The second-order valence-electron chi connectivity index (χ2n) is 13.0. The fourth-order valence-corrected chi connectivity index (χ4v) is 5.19. The van der Waals surface area contributed by atoms with Crippen molar-refractivity contribution in [3.63, 3.8) is 0 Å². The maximum Gasteiger partial charge on any atom is 0.347 e. The van der Waals surface area contributed by atoms with Gasteiger partial charge in [-0.05, 0) is 67.7 Å². The van der Waals surface area contributed by atoms with Gasteiger partial charge in [-0.1, -0.05) is 56.7 Å². The standard InChI is InChI=1S/C36H44ClN3O9/c1-22(2)18-31-34(43)48-29(23(3)10-11-24-12-15-26(16-13-24)40(45)46)8-7-9-32(41)39-28(20-25-14-17-30(47-6)27(37)19-25)33(42)38-21-36(4,5)35(44)49-31/h7,9-17,19,22-23,28-29,31H,8,18,20-21H2,1-6H3,(H,38,42)(H,39,41)/b9-7+,11-10+/t23-,28-,29+,31+/m1/s1. The second-order valence-corrected chi connectivity index (χ2v) is 13.4. The largest absolute Gasteiger partial charge is 0.495 e. The molecule has 49 heavy (non-hydrogen) atoms. The van der Waals surface area contributed by atoms with Crippen molar-refractivity contribution in [1.82, 2.24) is 10.6 Å². The molecule has 0 unspecified atom stereocenters. The number of halogens is 1. The van der Waals surface area contributed by atoms with Crippen LogP contribution in [0.1, 0.15) is 58.6 Å². The van der Waals surface area contributed by atoms with Gasteiger partial charge in [0.15, 0.2) is 6.10 Å². The first-order valence-electron chi connectivity index (χ1n) is 16.0. The van der Waals surface area contributed by atoms with Crippen LogP contribution in [0.3, 0.4) is 0 Å². The summed E-state index contributed by atoms with van der Waals surface area (Å²) in [6, 6.07) is 10.0. The summed E-state index contributed by atoms with van der Waals surface area (Å²) >= 11 is 6.30. The number of carbonyl (C=O) groups excluding carboxylic acids is 4. The summed E-state index contributed by atoms with van der Waals surface area (Å²) in [5.41, 5.74) is 0.0884. The molecule has 0 spiro atoms. The van der Waals surface area contributed by atoms with E-state index < -0.39 is 58.3 Å². The van der Waals surface area contributed by atoms with Gasteiger partial charge in [-0.15, -0.1) is 0 Å². The van der Waals surface area contributed by atoms with E-state index in [-0.39, 0.29) is 37.4 Å². The molecule has 1 aliphatic heterocycles. The van der Waals surface area contributed by atoms with Crippen molar-refractivity contribution < 1.29 is 38.3 Å². The topological polar surface area (TPSA) is 163 Å². The number of ether oxygens (including phenoxy) is 3. The van der Waals surface area contributed by atoms with Crippen LogP contribution in [0, 0.1) is 27.4 Å². The molecule has 1 aliphatic rings. The Kier molecular flexibility index (Phi) is 13.9. The fourth-order valence-electron chi connectivity index (χ4n) is 4.91. The van der Waals surface area contributed by atoms with Crippen LogP contribution < -0.4 is 15.4 Å². The zero-order valence-corrected chi connectivity index (χ0v) is 29.3. The normalized spacial score (nSPS) is 22.1. The van der Waals surface area contributed by atoms with Gasteiger partial charge in [-0.3, -0.25) is 24.5 Å². The number of nitrogens with zero attached hydrogens (tertiary/aromatic N) is 1. The van der Waals surface area contributed by atoms with Crippen molar-refractivity contribution in [3.05, 3.63) is 87.0 Å². The number of carbonyl (C=O) groups is 4. The van der Waals surface area contributed by atoms with Crippen LogP contribution in [0.4, 0.5) is 5.69 Å². The number of cyclic esters (lactones) is 2. The molecule has 1 heterocycles. The van der Waals surface area contributed by atoms with Crippen molar-refractivity contribution >= 4 is 47.1 Å². The molecule has 2 aromatic rings. The summed E-state index contributed by atoms with van der Waals surface area (Å²) in [6.07, 6.45) is 4.79. The zero-order chi connectivity index (χ0) is 36.3. The monoisotopic (exact) mass is 697 g/mol. The van der Waals surface area contributed by atoms with E-state index >= 15 is 0 Å². The lowest BCUT2D eigenvalue weighted by Gasteiger charge is -2.29. The highest BCUT2D eigenvalue weighted by Crippen LogP contribution is 2.26. The molecule has 12 nitrogen and oxygen atoms in total. The molecular weight excluding hydrogens is 654 g/mol. The van der Waals surface area contributed by atoms with Crippen molar-refractivity contribution in [2.75, 3.05) is 13.7 Å². The van der Waals surface area contributed by atoms with E-state index in [1.807, 2.05) is 20.8 Å². The lowest BCUT2D eigenvalue weighted by atomic mass is 9.93. The summed E-state index contributed by atoms with van der Waals surface area (Å²) in [6.45, 7) is 8.63. The number of methoxy groups -OCH3 is 1. The van der Waals surface area contributed by atoms with E-state index in [9.17, 15) is 29.3 Å². The molecule has 0 saturated heterocycles. The Balaban J connectivity index is 1.93. The summed E-state index contributed by atoms with van der Waals surface area (Å²) in [4.78, 5) is 64.0. The zero-order valence-electron chi connectivity index (χ0n) is 28.6. The minimum absolute atomic E-state index is 0.0209. The maximum atomic E-state index is 13.5. The molecule has 2 amide bonds. The van der Waals surface area contributed by atoms with E-state index in [1.165, 1.54) is 25.3 Å². The average molecular weight is 698 g/mol. The smallest absolute Gasteiger partial charge is 0.347 e. The molecule has 264 valence electrons. The highest BCUT2D eigenvalue weighted by molar-refractivity contribution is 6.32. The first-order valence-corrected chi connectivity index (χ1v) is 16.4. The third-order valence-electron chi connectivity index (χ3n) is 7.93. The second kappa shape index (κ2) is 17.6. The number of hydrogen-bond donors (Lipinski definition) is 2. The molecule has 0 aliphatic carbocycles. The van der Waals surface area contributed by atoms with Gasteiger partial charge in [0.1, 0.15) is 17.9 Å². The Bertz CT molecular complexity index is 1570. The Morgan fingerprint density at radius 1 is 1.08 bits per heavy atom. The molecule has 2 N–H and O–H groups in total. The number of nitro benzene ring substituents is 1. The lowest BCUT2D eigenvalue weighted by molar-refractivity contribution is -0.384. The van der Waals surface area contributed by atoms with Crippen molar-refractivity contribution in [1.29, 1.82) is 0 Å². The number of nitro groups is 1. The summed E-state index contributed by atoms with van der Waals surface area (Å²) in [7, 11) is 1.49. The van der Waals surface area contributed by atoms with Crippen LogP contribution in [0.2, 0.25) is 5.02 Å². The molecule has 0 bridgehead atoms. The molecule has 2 aromatic carbocycles. The predicted molar refractivity (Wildman–Crippen MR) is 185 cm³/mol. The molecule has 0 aromatic heterocycles. The van der Waals surface area contributed by atoms with Gasteiger partial charge in [-0.25, -0.2) is 4.79 Å². The van der Waals surface area contributed by atoms with E-state index in [2.05, 4.69) is 10.6 Å². The number of nitrogens with one attached hydrogen (secondary N) is 2. The van der Waals surface area contributed by atoms with E-state index in [0.29, 0.717) is 21.9 Å². The van der Waals surface area contributed by atoms with Crippen LogP contribution in [-0.4, -0.2) is 60.6 Å². The van der Waals surface area contributed by atoms with Gasteiger partial charge in [0.2, 0.25) is 11.8 Å². The number of hydrogen-bond acceptors (Lipinski definition) is 9.